The van der Waals surface area contributed by atoms with Gasteiger partial charge in [0.1, 0.15) is 5.82 Å². The molecule has 14 heavy (non-hydrogen) atoms. The molecule has 0 radical (unpaired) electrons. The SMILES string of the molecule is COc1sc2c(F)cccc2c1SC. The number of thiophene rings is 1. The summed E-state index contributed by atoms with van der Waals surface area (Å²) in [5, 5.41) is 1.73. The lowest BCUT2D eigenvalue weighted by Gasteiger charge is -1.97. The lowest BCUT2D eigenvalue weighted by Crippen LogP contribution is -1.78. The Hall–Kier alpha value is -0.740. The first-order chi connectivity index (χ1) is 6.77. The molecule has 2 rings (SSSR count). The molecule has 0 aliphatic rings. The zero-order valence-electron chi connectivity index (χ0n) is 7.83. The van der Waals surface area contributed by atoms with Crippen LogP contribution in [0.25, 0.3) is 10.1 Å². The van der Waals surface area contributed by atoms with Gasteiger partial charge in [-0.1, -0.05) is 23.5 Å². The summed E-state index contributed by atoms with van der Waals surface area (Å²) < 4.78 is 19.3. The van der Waals surface area contributed by atoms with Gasteiger partial charge in [-0.05, 0) is 12.3 Å². The van der Waals surface area contributed by atoms with Crippen LogP contribution in [-0.4, -0.2) is 13.4 Å². The third kappa shape index (κ3) is 1.38. The van der Waals surface area contributed by atoms with Crippen LogP contribution in [0.1, 0.15) is 0 Å². The zero-order valence-corrected chi connectivity index (χ0v) is 9.47. The molecule has 0 spiro atoms. The summed E-state index contributed by atoms with van der Waals surface area (Å²) in [6.07, 6.45) is 1.97. The molecule has 0 bridgehead atoms. The van der Waals surface area contributed by atoms with Gasteiger partial charge in [-0.25, -0.2) is 4.39 Å². The first kappa shape index (κ1) is 9.80. The summed E-state index contributed by atoms with van der Waals surface area (Å²) in [6, 6.07) is 5.12. The van der Waals surface area contributed by atoms with Crippen LogP contribution in [-0.2, 0) is 0 Å². The Labute approximate surface area is 89.9 Å². The monoisotopic (exact) mass is 228 g/mol. The first-order valence-corrected chi connectivity index (χ1v) is 6.11. The van der Waals surface area contributed by atoms with Crippen molar-refractivity contribution in [2.24, 2.45) is 0 Å². The molecule has 0 saturated carbocycles. The third-order valence-corrected chi connectivity index (χ3v) is 4.10. The van der Waals surface area contributed by atoms with Gasteiger partial charge in [0.2, 0.25) is 0 Å². The fourth-order valence-electron chi connectivity index (χ4n) is 1.37. The van der Waals surface area contributed by atoms with Gasteiger partial charge >= 0.3 is 0 Å². The highest BCUT2D eigenvalue weighted by molar-refractivity contribution is 7.99. The molecular formula is C10H9FOS2. The van der Waals surface area contributed by atoms with E-state index in [-0.39, 0.29) is 5.82 Å². The van der Waals surface area contributed by atoms with Gasteiger partial charge in [0.25, 0.3) is 0 Å². The summed E-state index contributed by atoms with van der Waals surface area (Å²) >= 11 is 2.94. The van der Waals surface area contributed by atoms with E-state index in [2.05, 4.69) is 0 Å². The topological polar surface area (TPSA) is 9.23 Å². The van der Waals surface area contributed by atoms with Crippen molar-refractivity contribution in [1.29, 1.82) is 0 Å². The van der Waals surface area contributed by atoms with E-state index in [4.69, 9.17) is 4.74 Å². The van der Waals surface area contributed by atoms with Crippen LogP contribution in [0.5, 0.6) is 5.06 Å². The van der Waals surface area contributed by atoms with E-state index in [1.165, 1.54) is 17.4 Å². The molecule has 0 N–H and O–H groups in total. The highest BCUT2D eigenvalue weighted by Crippen LogP contribution is 2.43. The molecule has 0 atom stereocenters. The van der Waals surface area contributed by atoms with Crippen LogP contribution in [0, 0.1) is 5.82 Å². The molecule has 0 amide bonds. The number of benzene rings is 1. The van der Waals surface area contributed by atoms with E-state index in [0.717, 1.165) is 15.3 Å². The second-order valence-electron chi connectivity index (χ2n) is 2.74. The largest absolute Gasteiger partial charge is 0.486 e. The lowest BCUT2D eigenvalue weighted by molar-refractivity contribution is 0.419. The number of rotatable bonds is 2. The Morgan fingerprint density at radius 1 is 1.43 bits per heavy atom. The van der Waals surface area contributed by atoms with E-state index in [1.807, 2.05) is 12.3 Å². The molecule has 1 aromatic carbocycles. The van der Waals surface area contributed by atoms with Gasteiger partial charge in [0.05, 0.1) is 16.7 Å². The number of fused-ring (bicyclic) bond motifs is 1. The standard InChI is InChI=1S/C10H9FOS2/c1-12-10-9(13-2)6-4-3-5-7(11)8(6)14-10/h3-5H,1-2H3. The quantitative estimate of drug-likeness (QED) is 0.724. The summed E-state index contributed by atoms with van der Waals surface area (Å²) in [6.45, 7) is 0. The maximum atomic E-state index is 13.4. The molecule has 4 heteroatoms. The van der Waals surface area contributed by atoms with Gasteiger partial charge in [-0.3, -0.25) is 0 Å². The highest BCUT2D eigenvalue weighted by atomic mass is 32.2. The number of ether oxygens (including phenoxy) is 1. The van der Waals surface area contributed by atoms with Crippen molar-refractivity contribution in [3.63, 3.8) is 0 Å². The average molecular weight is 228 g/mol. The van der Waals surface area contributed by atoms with Crippen LogP contribution < -0.4 is 4.74 Å². The van der Waals surface area contributed by atoms with Crippen molar-refractivity contribution >= 4 is 33.2 Å². The number of hydrogen-bond acceptors (Lipinski definition) is 3. The van der Waals surface area contributed by atoms with Crippen LogP contribution >= 0.6 is 23.1 Å². The summed E-state index contributed by atoms with van der Waals surface area (Å²) in [7, 11) is 1.61. The maximum absolute atomic E-state index is 13.4. The molecule has 0 aliphatic heterocycles. The minimum atomic E-state index is -0.175. The van der Waals surface area contributed by atoms with Crippen molar-refractivity contribution in [2.75, 3.05) is 13.4 Å². The molecule has 2 aromatic rings. The minimum Gasteiger partial charge on any atom is -0.486 e. The van der Waals surface area contributed by atoms with E-state index < -0.39 is 0 Å². The Morgan fingerprint density at radius 3 is 2.86 bits per heavy atom. The van der Waals surface area contributed by atoms with E-state index in [1.54, 1.807) is 24.9 Å². The van der Waals surface area contributed by atoms with Crippen molar-refractivity contribution in [3.8, 4) is 5.06 Å². The second-order valence-corrected chi connectivity index (χ2v) is 4.54. The van der Waals surface area contributed by atoms with E-state index >= 15 is 0 Å². The van der Waals surface area contributed by atoms with Gasteiger partial charge in [0.15, 0.2) is 5.06 Å². The second kappa shape index (κ2) is 3.79. The number of methoxy groups -OCH3 is 1. The zero-order chi connectivity index (χ0) is 10.1. The molecule has 74 valence electrons. The Bertz CT molecular complexity index is 464. The van der Waals surface area contributed by atoms with E-state index in [0.29, 0.717) is 4.70 Å². The van der Waals surface area contributed by atoms with Crippen molar-refractivity contribution in [1.82, 2.24) is 0 Å². The molecule has 0 aliphatic carbocycles. The fraction of sp³-hybridized carbons (Fsp3) is 0.200. The average Bonchev–Trinajstić information content (AvgIpc) is 2.57. The van der Waals surface area contributed by atoms with Gasteiger partial charge in [-0.2, -0.15) is 0 Å². The van der Waals surface area contributed by atoms with E-state index in [9.17, 15) is 4.39 Å². The van der Waals surface area contributed by atoms with Crippen molar-refractivity contribution in [2.45, 2.75) is 4.90 Å². The van der Waals surface area contributed by atoms with Crippen molar-refractivity contribution < 1.29 is 9.13 Å². The molecule has 1 aromatic heterocycles. The molecule has 1 heterocycles. The van der Waals surface area contributed by atoms with Gasteiger partial charge in [-0.15, -0.1) is 11.8 Å². The highest BCUT2D eigenvalue weighted by Gasteiger charge is 2.13. The molecule has 0 saturated heterocycles. The van der Waals surface area contributed by atoms with Crippen LogP contribution in [0.3, 0.4) is 0 Å². The summed E-state index contributed by atoms with van der Waals surface area (Å²) in [5.74, 6) is -0.175. The van der Waals surface area contributed by atoms with Gasteiger partial charge in [0, 0.05) is 5.39 Å². The van der Waals surface area contributed by atoms with Crippen LogP contribution in [0.2, 0.25) is 0 Å². The number of halogens is 1. The smallest absolute Gasteiger partial charge is 0.188 e. The Kier molecular flexibility index (Phi) is 2.65. The predicted molar refractivity (Wildman–Crippen MR) is 60.1 cm³/mol. The molecular weight excluding hydrogens is 219 g/mol. The summed E-state index contributed by atoms with van der Waals surface area (Å²) in [5.41, 5.74) is 0. The maximum Gasteiger partial charge on any atom is 0.188 e. The predicted octanol–water partition coefficient (Wildman–Crippen LogP) is 3.77. The number of thioether (sulfide) groups is 1. The molecule has 1 nitrogen and oxygen atoms in total. The third-order valence-electron chi connectivity index (χ3n) is 1.98. The van der Waals surface area contributed by atoms with Crippen LogP contribution in [0.15, 0.2) is 23.1 Å². The molecule has 0 unspecified atom stereocenters. The Morgan fingerprint density at radius 2 is 2.21 bits per heavy atom. The minimum absolute atomic E-state index is 0.175. The number of hydrogen-bond donors (Lipinski definition) is 0. The fourth-order valence-corrected chi connectivity index (χ4v) is 3.36. The lowest BCUT2D eigenvalue weighted by atomic mass is 10.2. The first-order valence-electron chi connectivity index (χ1n) is 4.07. The normalized spacial score (nSPS) is 10.8. The van der Waals surface area contributed by atoms with Gasteiger partial charge < -0.3 is 4.74 Å². The van der Waals surface area contributed by atoms with Crippen LogP contribution in [0.4, 0.5) is 4.39 Å². The van der Waals surface area contributed by atoms with Crippen molar-refractivity contribution in [3.05, 3.63) is 24.0 Å². The molecule has 0 fully saturated rings. The summed E-state index contributed by atoms with van der Waals surface area (Å²) in [4.78, 5) is 1.02. The Balaban J connectivity index is 2.79.